The highest BCUT2D eigenvalue weighted by atomic mass is 32.1. The van der Waals surface area contributed by atoms with E-state index in [1.165, 1.54) is 0 Å². The molecule has 0 amide bonds. The highest BCUT2D eigenvalue weighted by molar-refractivity contribution is 7.80. The Bertz CT molecular complexity index is 906. The number of morpholine rings is 1. The number of aromatic nitrogens is 1. The monoisotopic (exact) mass is 431 g/mol. The third-order valence-electron chi connectivity index (χ3n) is 5.55. The maximum absolute atomic E-state index is 12.7. The van der Waals surface area contributed by atoms with Crippen molar-refractivity contribution in [2.45, 2.75) is 33.7 Å². The van der Waals surface area contributed by atoms with Crippen molar-refractivity contribution in [1.82, 2.24) is 15.2 Å². The zero-order valence-electron chi connectivity index (χ0n) is 18.4. The Morgan fingerprint density at radius 3 is 2.80 bits per heavy atom. The molecule has 164 valence electrons. The van der Waals surface area contributed by atoms with Gasteiger partial charge >= 0.3 is 0 Å². The van der Waals surface area contributed by atoms with Crippen molar-refractivity contribution in [3.63, 3.8) is 0 Å². The molecule has 0 atom stereocenters. The van der Waals surface area contributed by atoms with Crippen LogP contribution in [0.15, 0.2) is 29.1 Å². The van der Waals surface area contributed by atoms with Crippen LogP contribution in [0, 0.1) is 12.8 Å². The molecule has 0 saturated carbocycles. The topological polar surface area (TPSA) is 61.8 Å². The minimum atomic E-state index is -0.0384. The summed E-state index contributed by atoms with van der Waals surface area (Å²) in [6, 6.07) is 8.14. The molecule has 3 rings (SSSR count). The smallest absolute Gasteiger partial charge is 0.253 e. The highest BCUT2D eigenvalue weighted by Gasteiger charge is 2.17. The Labute approximate surface area is 184 Å². The maximum atomic E-state index is 12.7. The molecule has 1 fully saturated rings. The van der Waals surface area contributed by atoms with E-state index in [9.17, 15) is 4.79 Å². The number of pyridine rings is 1. The van der Waals surface area contributed by atoms with Gasteiger partial charge in [0.25, 0.3) is 5.56 Å². The first-order chi connectivity index (χ1) is 14.4. The third-order valence-corrected chi connectivity index (χ3v) is 5.95. The molecule has 1 aromatic heterocycles. The Morgan fingerprint density at radius 1 is 1.30 bits per heavy atom. The molecule has 0 unspecified atom stereocenters. The van der Waals surface area contributed by atoms with Crippen LogP contribution >= 0.6 is 12.2 Å². The van der Waals surface area contributed by atoms with E-state index in [2.05, 4.69) is 41.2 Å². The number of hydrogen-bond acceptors (Lipinski definition) is 3. The Balaban J connectivity index is 1.71. The predicted octanol–water partition coefficient (Wildman–Crippen LogP) is 1.47. The van der Waals surface area contributed by atoms with Gasteiger partial charge in [-0.2, -0.15) is 0 Å². The van der Waals surface area contributed by atoms with E-state index >= 15 is 0 Å². The van der Waals surface area contributed by atoms with Crippen LogP contribution in [0.2, 0.25) is 0 Å². The fourth-order valence-corrected chi connectivity index (χ4v) is 4.01. The van der Waals surface area contributed by atoms with Gasteiger partial charge in [0.1, 0.15) is 13.1 Å². The van der Waals surface area contributed by atoms with Gasteiger partial charge in [-0.3, -0.25) is 4.79 Å². The normalized spacial score (nSPS) is 14.9. The Kier molecular flexibility index (Phi) is 8.24. The second-order valence-corrected chi connectivity index (χ2v) is 9.07. The molecule has 6 nitrogen and oxygen atoms in total. The summed E-state index contributed by atoms with van der Waals surface area (Å²) in [6.07, 6.45) is 1.03. The zero-order chi connectivity index (χ0) is 21.5. The van der Waals surface area contributed by atoms with Crippen molar-refractivity contribution in [1.29, 1.82) is 0 Å². The molecule has 2 aromatic rings. The van der Waals surface area contributed by atoms with Crippen LogP contribution < -0.4 is 15.8 Å². The molecule has 1 aromatic carbocycles. The molecule has 3 N–H and O–H groups in total. The molecule has 0 bridgehead atoms. The minimum absolute atomic E-state index is 0.0384. The van der Waals surface area contributed by atoms with Gasteiger partial charge in [-0.15, -0.1) is 0 Å². The fourth-order valence-electron chi connectivity index (χ4n) is 3.77. The number of aryl methyl sites for hydroxylation is 1. The molecule has 0 aliphatic carbocycles. The third kappa shape index (κ3) is 6.52. The van der Waals surface area contributed by atoms with E-state index in [1.807, 2.05) is 19.1 Å². The number of thiocarbonyl (C=S) groups is 1. The van der Waals surface area contributed by atoms with Crippen LogP contribution in [0.25, 0.3) is 10.9 Å². The van der Waals surface area contributed by atoms with Crippen LogP contribution in [0.1, 0.15) is 31.4 Å². The van der Waals surface area contributed by atoms with Gasteiger partial charge in [-0.05, 0) is 48.1 Å². The van der Waals surface area contributed by atoms with Gasteiger partial charge in [0.15, 0.2) is 5.11 Å². The van der Waals surface area contributed by atoms with Crippen LogP contribution in [0.5, 0.6) is 0 Å². The van der Waals surface area contributed by atoms with Crippen LogP contribution in [0.4, 0.5) is 0 Å². The lowest BCUT2D eigenvalue weighted by atomic mass is 10.1. The molecule has 30 heavy (non-hydrogen) atoms. The van der Waals surface area contributed by atoms with E-state index in [0.29, 0.717) is 12.5 Å². The van der Waals surface area contributed by atoms with Crippen LogP contribution in [-0.2, 0) is 11.3 Å². The van der Waals surface area contributed by atoms with Gasteiger partial charge in [-0.25, -0.2) is 0 Å². The number of benzene rings is 1. The van der Waals surface area contributed by atoms with E-state index < -0.39 is 0 Å². The first kappa shape index (κ1) is 22.7. The summed E-state index contributed by atoms with van der Waals surface area (Å²) in [7, 11) is 0. The van der Waals surface area contributed by atoms with Gasteiger partial charge in [0, 0.05) is 30.6 Å². The van der Waals surface area contributed by atoms with Crippen molar-refractivity contribution in [2.75, 3.05) is 45.9 Å². The number of rotatable bonds is 8. The number of H-pyrrole nitrogens is 1. The number of aromatic amines is 1. The lowest BCUT2D eigenvalue weighted by Crippen LogP contribution is -3.14. The standard InChI is InChI=1S/C23H34N4O2S/c1-17(2)15-24-23(30)27(8-4-7-26-9-11-29-12-10-26)16-20-14-19-6-5-18(3)13-21(19)25-22(20)28/h5-6,13-14,17H,4,7-12,15-16H2,1-3H3,(H,24,30)(H,25,28)/p+1. The molecule has 1 aliphatic rings. The van der Waals surface area contributed by atoms with E-state index in [0.717, 1.165) is 79.5 Å². The van der Waals surface area contributed by atoms with Gasteiger partial charge in [0.2, 0.25) is 0 Å². The van der Waals surface area contributed by atoms with Crippen molar-refractivity contribution in [3.8, 4) is 0 Å². The first-order valence-corrected chi connectivity index (χ1v) is 11.4. The van der Waals surface area contributed by atoms with Gasteiger partial charge < -0.3 is 24.8 Å². The SMILES string of the molecule is Cc1ccc2cc(CN(CCC[NH+]3CCOCC3)C(=S)NCC(C)C)c(=O)[nH]c2c1. The molecule has 0 spiro atoms. The van der Waals surface area contributed by atoms with Crippen LogP contribution in [-0.4, -0.2) is 60.9 Å². The Hall–Kier alpha value is -1.96. The predicted molar refractivity (Wildman–Crippen MR) is 126 cm³/mol. The molecule has 0 radical (unpaired) electrons. The number of ether oxygens (including phenoxy) is 1. The van der Waals surface area contributed by atoms with Crippen molar-refractivity contribution < 1.29 is 9.64 Å². The summed E-state index contributed by atoms with van der Waals surface area (Å²) < 4.78 is 5.45. The quantitative estimate of drug-likeness (QED) is 0.553. The number of nitrogens with zero attached hydrogens (tertiary/aromatic N) is 1. The molecule has 1 aliphatic heterocycles. The van der Waals surface area contributed by atoms with Gasteiger partial charge in [-0.1, -0.05) is 26.0 Å². The largest absolute Gasteiger partial charge is 0.370 e. The van der Waals surface area contributed by atoms with E-state index in [4.69, 9.17) is 17.0 Å². The number of nitrogens with one attached hydrogen (secondary N) is 3. The summed E-state index contributed by atoms with van der Waals surface area (Å²) in [5.41, 5.74) is 2.73. The lowest BCUT2D eigenvalue weighted by Gasteiger charge is -2.28. The zero-order valence-corrected chi connectivity index (χ0v) is 19.2. The lowest BCUT2D eigenvalue weighted by molar-refractivity contribution is -0.908. The summed E-state index contributed by atoms with van der Waals surface area (Å²) in [5, 5.41) is 5.15. The summed E-state index contributed by atoms with van der Waals surface area (Å²) >= 11 is 5.69. The minimum Gasteiger partial charge on any atom is -0.370 e. The summed E-state index contributed by atoms with van der Waals surface area (Å²) in [4.78, 5) is 19.5. The number of fused-ring (bicyclic) bond motifs is 1. The number of quaternary nitrogens is 1. The highest BCUT2D eigenvalue weighted by Crippen LogP contribution is 2.14. The first-order valence-electron chi connectivity index (χ1n) is 11.0. The molecular weight excluding hydrogens is 396 g/mol. The van der Waals surface area contributed by atoms with Gasteiger partial charge in [0.05, 0.1) is 26.3 Å². The van der Waals surface area contributed by atoms with E-state index in [-0.39, 0.29) is 5.56 Å². The summed E-state index contributed by atoms with van der Waals surface area (Å²) in [6.45, 7) is 13.5. The molecule has 1 saturated heterocycles. The average Bonchev–Trinajstić information content (AvgIpc) is 2.72. The second-order valence-electron chi connectivity index (χ2n) is 8.68. The second kappa shape index (κ2) is 10.9. The molecule has 7 heteroatoms. The molecular formula is C23H35N4O2S+. The van der Waals surface area contributed by atoms with Crippen molar-refractivity contribution in [2.24, 2.45) is 5.92 Å². The molecule has 2 heterocycles. The van der Waals surface area contributed by atoms with Crippen LogP contribution in [0.3, 0.4) is 0 Å². The van der Waals surface area contributed by atoms with Crippen molar-refractivity contribution >= 4 is 28.2 Å². The average molecular weight is 432 g/mol. The van der Waals surface area contributed by atoms with E-state index in [1.54, 1.807) is 4.90 Å². The maximum Gasteiger partial charge on any atom is 0.253 e. The fraction of sp³-hybridized carbons (Fsp3) is 0.565. The summed E-state index contributed by atoms with van der Waals surface area (Å²) in [5.74, 6) is 0.509. The Morgan fingerprint density at radius 2 is 2.07 bits per heavy atom. The number of hydrogen-bond donors (Lipinski definition) is 3. The van der Waals surface area contributed by atoms with Crippen molar-refractivity contribution in [3.05, 3.63) is 45.7 Å².